The first-order chi connectivity index (χ1) is 7.09. The molecular formula is C10H7BrClNO2. The molecule has 5 heteroatoms. The Kier molecular flexibility index (Phi) is 2.80. The minimum absolute atomic E-state index is 0.331. The molecule has 1 fully saturated rings. The van der Waals surface area contributed by atoms with Gasteiger partial charge in [-0.2, -0.15) is 0 Å². The molecule has 1 aliphatic heterocycles. The number of amides is 2. The Hall–Kier alpha value is -0.870. The van der Waals surface area contributed by atoms with Crippen LogP contribution in [0.4, 0.5) is 0 Å². The monoisotopic (exact) mass is 287 g/mol. The van der Waals surface area contributed by atoms with Gasteiger partial charge in [-0.15, -0.1) is 11.6 Å². The molecule has 0 spiro atoms. The first-order valence-electron chi connectivity index (χ1n) is 4.34. The van der Waals surface area contributed by atoms with Crippen molar-refractivity contribution in [2.45, 2.75) is 11.3 Å². The van der Waals surface area contributed by atoms with Gasteiger partial charge in [-0.1, -0.05) is 28.1 Å². The Morgan fingerprint density at radius 3 is 2.20 bits per heavy atom. The van der Waals surface area contributed by atoms with Crippen LogP contribution in [0.1, 0.15) is 11.5 Å². The summed E-state index contributed by atoms with van der Waals surface area (Å²) in [6.07, 6.45) is 0. The van der Waals surface area contributed by atoms with Crippen molar-refractivity contribution >= 4 is 39.3 Å². The van der Waals surface area contributed by atoms with Crippen LogP contribution in [0.25, 0.3) is 0 Å². The quantitative estimate of drug-likeness (QED) is 0.633. The van der Waals surface area contributed by atoms with E-state index in [0.29, 0.717) is 0 Å². The average molecular weight is 289 g/mol. The van der Waals surface area contributed by atoms with Crippen LogP contribution >= 0.6 is 27.5 Å². The fourth-order valence-electron chi connectivity index (χ4n) is 1.54. The molecule has 0 saturated carbocycles. The van der Waals surface area contributed by atoms with E-state index in [9.17, 15) is 9.59 Å². The molecule has 3 nitrogen and oxygen atoms in total. The molecular weight excluding hydrogens is 281 g/mol. The number of hydrogen-bond acceptors (Lipinski definition) is 2. The molecule has 0 unspecified atom stereocenters. The van der Waals surface area contributed by atoms with Crippen LogP contribution in [0, 0.1) is 0 Å². The van der Waals surface area contributed by atoms with E-state index >= 15 is 0 Å². The maximum atomic E-state index is 11.5. The Morgan fingerprint density at radius 1 is 1.13 bits per heavy atom. The molecule has 1 N–H and O–H groups in total. The average Bonchev–Trinajstić information content (AvgIpc) is 2.44. The molecule has 0 bridgehead atoms. The van der Waals surface area contributed by atoms with Crippen LogP contribution in [0.5, 0.6) is 0 Å². The summed E-state index contributed by atoms with van der Waals surface area (Å²) in [5.41, 5.74) is 0.751. The van der Waals surface area contributed by atoms with Crippen LogP contribution in [0.3, 0.4) is 0 Å². The Balaban J connectivity index is 2.34. The minimum Gasteiger partial charge on any atom is -0.295 e. The van der Waals surface area contributed by atoms with Crippen molar-refractivity contribution in [3.63, 3.8) is 0 Å². The van der Waals surface area contributed by atoms with E-state index < -0.39 is 17.2 Å². The summed E-state index contributed by atoms with van der Waals surface area (Å²) in [6, 6.07) is 7.19. The summed E-state index contributed by atoms with van der Waals surface area (Å²) < 4.78 is 0.919. The van der Waals surface area contributed by atoms with E-state index in [0.717, 1.165) is 10.0 Å². The summed E-state index contributed by atoms with van der Waals surface area (Å²) in [7, 11) is 0. The van der Waals surface area contributed by atoms with Crippen molar-refractivity contribution < 1.29 is 9.59 Å². The maximum absolute atomic E-state index is 11.5. The van der Waals surface area contributed by atoms with Crippen molar-refractivity contribution in [2.24, 2.45) is 0 Å². The smallest absolute Gasteiger partial charge is 0.245 e. The first-order valence-corrected chi connectivity index (χ1v) is 5.57. The van der Waals surface area contributed by atoms with Gasteiger partial charge in [-0.05, 0) is 17.7 Å². The normalized spacial score (nSPS) is 25.5. The lowest BCUT2D eigenvalue weighted by Crippen LogP contribution is -2.22. The lowest BCUT2D eigenvalue weighted by Gasteiger charge is -2.09. The van der Waals surface area contributed by atoms with Crippen molar-refractivity contribution in [3.05, 3.63) is 34.3 Å². The second-order valence-corrected chi connectivity index (χ2v) is 4.67. The lowest BCUT2D eigenvalue weighted by atomic mass is 9.97. The summed E-state index contributed by atoms with van der Waals surface area (Å²) in [4.78, 5) is 22.6. The van der Waals surface area contributed by atoms with E-state index in [1.54, 1.807) is 12.1 Å². The predicted octanol–water partition coefficient (Wildman–Crippen LogP) is 1.80. The van der Waals surface area contributed by atoms with Crippen molar-refractivity contribution in [2.75, 3.05) is 0 Å². The molecule has 2 rings (SSSR count). The fraction of sp³-hybridized carbons (Fsp3) is 0.200. The minimum atomic E-state index is -0.807. The van der Waals surface area contributed by atoms with Gasteiger partial charge in [0.1, 0.15) is 5.38 Å². The molecule has 1 aromatic rings. The zero-order valence-corrected chi connectivity index (χ0v) is 9.88. The number of benzene rings is 1. The zero-order valence-electron chi connectivity index (χ0n) is 7.54. The van der Waals surface area contributed by atoms with Crippen LogP contribution < -0.4 is 5.32 Å². The van der Waals surface area contributed by atoms with E-state index in [4.69, 9.17) is 11.6 Å². The van der Waals surface area contributed by atoms with Gasteiger partial charge < -0.3 is 0 Å². The molecule has 0 radical (unpaired) electrons. The molecule has 0 aliphatic carbocycles. The molecule has 1 heterocycles. The van der Waals surface area contributed by atoms with Gasteiger partial charge in [0.25, 0.3) is 0 Å². The van der Waals surface area contributed by atoms with Crippen LogP contribution in [0.2, 0.25) is 0 Å². The van der Waals surface area contributed by atoms with Gasteiger partial charge in [0.15, 0.2) is 0 Å². The highest BCUT2D eigenvalue weighted by atomic mass is 79.9. The molecule has 0 aromatic heterocycles. The van der Waals surface area contributed by atoms with E-state index in [-0.39, 0.29) is 5.91 Å². The first kappa shape index (κ1) is 10.6. The maximum Gasteiger partial charge on any atom is 0.245 e. The van der Waals surface area contributed by atoms with Crippen molar-refractivity contribution in [1.29, 1.82) is 0 Å². The van der Waals surface area contributed by atoms with Gasteiger partial charge in [0.05, 0.1) is 5.92 Å². The van der Waals surface area contributed by atoms with Gasteiger partial charge in [0.2, 0.25) is 11.8 Å². The van der Waals surface area contributed by atoms with Gasteiger partial charge in [-0.25, -0.2) is 0 Å². The van der Waals surface area contributed by atoms with Crippen LogP contribution in [0.15, 0.2) is 28.7 Å². The van der Waals surface area contributed by atoms with Gasteiger partial charge in [0, 0.05) is 4.47 Å². The number of carbonyl (C=O) groups excluding carboxylic acids is 2. The second kappa shape index (κ2) is 3.94. The highest BCUT2D eigenvalue weighted by Crippen LogP contribution is 2.29. The van der Waals surface area contributed by atoms with E-state index in [2.05, 4.69) is 21.2 Å². The lowest BCUT2D eigenvalue weighted by molar-refractivity contribution is -0.125. The standard InChI is InChI=1S/C10H7BrClNO2/c11-6-3-1-5(2-4-6)7-8(12)10(15)13-9(7)14/h1-4,7-8H,(H,13,14,15)/t7-,8+/m0/s1. The number of alkyl halides is 1. The Morgan fingerprint density at radius 2 is 1.73 bits per heavy atom. The number of hydrogen-bond donors (Lipinski definition) is 1. The summed E-state index contributed by atoms with van der Waals surface area (Å²) in [5, 5.41) is 1.40. The number of imide groups is 1. The summed E-state index contributed by atoms with van der Waals surface area (Å²) in [6.45, 7) is 0. The summed E-state index contributed by atoms with van der Waals surface area (Å²) in [5.74, 6) is -1.33. The zero-order chi connectivity index (χ0) is 11.0. The predicted molar refractivity (Wildman–Crippen MR) is 59.7 cm³/mol. The molecule has 1 aliphatic rings. The Bertz CT molecular complexity index is 418. The third-order valence-electron chi connectivity index (χ3n) is 2.30. The number of rotatable bonds is 1. The SMILES string of the molecule is O=C1NC(=O)[C@@H](c2ccc(Br)cc2)[C@H]1Cl. The van der Waals surface area contributed by atoms with Crippen molar-refractivity contribution in [1.82, 2.24) is 5.32 Å². The Labute approximate surface area is 99.9 Å². The van der Waals surface area contributed by atoms with E-state index in [1.807, 2.05) is 12.1 Å². The number of carbonyl (C=O) groups is 2. The largest absolute Gasteiger partial charge is 0.295 e. The fourth-order valence-corrected chi connectivity index (χ4v) is 2.12. The van der Waals surface area contributed by atoms with Gasteiger partial charge >= 0.3 is 0 Å². The molecule has 1 saturated heterocycles. The molecule has 1 aromatic carbocycles. The highest BCUT2D eigenvalue weighted by molar-refractivity contribution is 9.10. The topological polar surface area (TPSA) is 46.2 Å². The molecule has 78 valence electrons. The number of nitrogens with one attached hydrogen (secondary N) is 1. The highest BCUT2D eigenvalue weighted by Gasteiger charge is 2.41. The molecule has 2 atom stereocenters. The molecule has 15 heavy (non-hydrogen) atoms. The summed E-state index contributed by atoms with van der Waals surface area (Å²) >= 11 is 9.15. The van der Waals surface area contributed by atoms with Crippen LogP contribution in [-0.2, 0) is 9.59 Å². The second-order valence-electron chi connectivity index (χ2n) is 3.28. The van der Waals surface area contributed by atoms with Crippen LogP contribution in [-0.4, -0.2) is 17.2 Å². The van der Waals surface area contributed by atoms with Crippen molar-refractivity contribution in [3.8, 4) is 0 Å². The van der Waals surface area contributed by atoms with Gasteiger partial charge in [-0.3, -0.25) is 14.9 Å². The molecule has 2 amide bonds. The van der Waals surface area contributed by atoms with E-state index in [1.165, 1.54) is 0 Å². The third kappa shape index (κ3) is 1.92. The number of halogens is 2. The third-order valence-corrected chi connectivity index (χ3v) is 3.28.